The van der Waals surface area contributed by atoms with Crippen molar-refractivity contribution >= 4 is 33.3 Å². The third-order valence-corrected chi connectivity index (χ3v) is 4.31. The van der Waals surface area contributed by atoms with Crippen molar-refractivity contribution in [3.63, 3.8) is 0 Å². The number of nitrogens with one attached hydrogen (secondary N) is 1. The highest BCUT2D eigenvalue weighted by Gasteiger charge is 2.14. The molecule has 0 unspecified atom stereocenters. The Kier molecular flexibility index (Phi) is 4.50. The van der Waals surface area contributed by atoms with Gasteiger partial charge in [0.25, 0.3) is 10.0 Å². The number of hydrogen-bond acceptors (Lipinski definition) is 3. The van der Waals surface area contributed by atoms with Crippen LogP contribution >= 0.6 is 11.6 Å². The molecule has 0 atom stereocenters. The van der Waals surface area contributed by atoms with Gasteiger partial charge in [-0.25, -0.2) is 8.42 Å². The van der Waals surface area contributed by atoms with Gasteiger partial charge in [-0.3, -0.25) is 9.52 Å². The molecule has 0 saturated carbocycles. The number of aliphatic carboxylic acids is 1. The summed E-state index contributed by atoms with van der Waals surface area (Å²) in [4.78, 5) is 10.7. The van der Waals surface area contributed by atoms with E-state index < -0.39 is 16.0 Å². The largest absolute Gasteiger partial charge is 0.481 e. The minimum absolute atomic E-state index is 0.0792. The van der Waals surface area contributed by atoms with Crippen molar-refractivity contribution in [3.8, 4) is 0 Å². The third kappa shape index (κ3) is 4.21. The fourth-order valence-corrected chi connectivity index (χ4v) is 2.92. The van der Waals surface area contributed by atoms with Gasteiger partial charge in [0.15, 0.2) is 0 Å². The van der Waals surface area contributed by atoms with E-state index >= 15 is 0 Å². The Bertz CT molecular complexity index is 757. The summed E-state index contributed by atoms with van der Waals surface area (Å²) >= 11 is 5.72. The Labute approximate surface area is 127 Å². The van der Waals surface area contributed by atoms with E-state index in [1.165, 1.54) is 30.3 Å². The predicted octanol–water partition coefficient (Wildman–Crippen LogP) is 2.77. The average Bonchev–Trinajstić information content (AvgIpc) is 2.38. The van der Waals surface area contributed by atoms with Crippen LogP contribution in [0.2, 0.25) is 5.02 Å². The fourth-order valence-electron chi connectivity index (χ4n) is 1.75. The standard InChI is InChI=1S/C14H12ClNO4S/c15-11-4-6-13(7-5-11)21(19,20)16-12-3-1-2-10(8-12)9-14(17)18/h1-8,16H,9H2,(H,17,18). The Morgan fingerprint density at radius 1 is 1.14 bits per heavy atom. The maximum absolute atomic E-state index is 12.2. The van der Waals surface area contributed by atoms with Crippen LogP contribution in [0, 0.1) is 0 Å². The second-order valence-electron chi connectivity index (χ2n) is 4.33. The Morgan fingerprint density at radius 2 is 1.81 bits per heavy atom. The van der Waals surface area contributed by atoms with Crippen molar-refractivity contribution in [1.29, 1.82) is 0 Å². The molecule has 2 aromatic carbocycles. The van der Waals surface area contributed by atoms with Crippen LogP contribution < -0.4 is 4.72 Å². The summed E-state index contributed by atoms with van der Waals surface area (Å²) in [5, 5.41) is 9.19. The molecule has 21 heavy (non-hydrogen) atoms. The number of hydrogen-bond donors (Lipinski definition) is 2. The minimum atomic E-state index is -3.73. The van der Waals surface area contributed by atoms with E-state index in [0.29, 0.717) is 16.3 Å². The van der Waals surface area contributed by atoms with Gasteiger partial charge in [0.05, 0.1) is 11.3 Å². The van der Waals surface area contributed by atoms with Gasteiger partial charge in [-0.1, -0.05) is 23.7 Å². The summed E-state index contributed by atoms with van der Waals surface area (Å²) in [7, 11) is -3.73. The zero-order chi connectivity index (χ0) is 15.5. The van der Waals surface area contributed by atoms with Crippen LogP contribution in [0.15, 0.2) is 53.4 Å². The average molecular weight is 326 g/mol. The summed E-state index contributed by atoms with van der Waals surface area (Å²) < 4.78 is 26.8. The molecule has 110 valence electrons. The molecule has 0 aliphatic carbocycles. The molecule has 0 spiro atoms. The lowest BCUT2D eigenvalue weighted by molar-refractivity contribution is -0.136. The van der Waals surface area contributed by atoms with E-state index in [9.17, 15) is 13.2 Å². The summed E-state index contributed by atoms with van der Waals surface area (Å²) in [6.07, 6.45) is -0.170. The molecule has 5 nitrogen and oxygen atoms in total. The third-order valence-electron chi connectivity index (χ3n) is 2.66. The molecule has 0 aliphatic rings. The number of halogens is 1. The zero-order valence-electron chi connectivity index (χ0n) is 10.8. The van der Waals surface area contributed by atoms with E-state index in [2.05, 4.69) is 4.72 Å². The first kappa shape index (κ1) is 15.3. The number of carboxylic acids is 1. The van der Waals surface area contributed by atoms with Gasteiger partial charge in [0.2, 0.25) is 0 Å². The first-order valence-corrected chi connectivity index (χ1v) is 7.82. The molecule has 0 aromatic heterocycles. The molecule has 2 N–H and O–H groups in total. The topological polar surface area (TPSA) is 83.5 Å². The molecular weight excluding hydrogens is 314 g/mol. The molecular formula is C14H12ClNO4S. The second-order valence-corrected chi connectivity index (χ2v) is 6.45. The van der Waals surface area contributed by atoms with Crippen molar-refractivity contribution in [2.45, 2.75) is 11.3 Å². The molecule has 0 saturated heterocycles. The fraction of sp³-hybridized carbons (Fsp3) is 0.0714. The number of benzene rings is 2. The van der Waals surface area contributed by atoms with Crippen molar-refractivity contribution in [3.05, 3.63) is 59.1 Å². The molecule has 2 rings (SSSR count). The van der Waals surface area contributed by atoms with E-state index in [1.54, 1.807) is 18.2 Å². The normalized spacial score (nSPS) is 11.1. The number of carboxylic acid groups (broad SMARTS) is 1. The summed E-state index contributed by atoms with van der Waals surface area (Å²) in [6, 6.07) is 12.0. The van der Waals surface area contributed by atoms with Crippen LogP contribution in [0.4, 0.5) is 5.69 Å². The lowest BCUT2D eigenvalue weighted by Crippen LogP contribution is -2.13. The Balaban J connectivity index is 2.24. The van der Waals surface area contributed by atoms with Gasteiger partial charge in [-0.05, 0) is 42.0 Å². The molecule has 0 bridgehead atoms. The van der Waals surface area contributed by atoms with Gasteiger partial charge >= 0.3 is 5.97 Å². The first-order valence-electron chi connectivity index (χ1n) is 5.96. The molecule has 0 aliphatic heterocycles. The number of rotatable bonds is 5. The van der Waals surface area contributed by atoms with Gasteiger partial charge < -0.3 is 5.11 Å². The maximum atomic E-state index is 12.2. The van der Waals surface area contributed by atoms with Crippen LogP contribution in [-0.4, -0.2) is 19.5 Å². The van der Waals surface area contributed by atoms with Gasteiger partial charge in [-0.15, -0.1) is 0 Å². The van der Waals surface area contributed by atoms with Crippen LogP contribution in [0.1, 0.15) is 5.56 Å². The van der Waals surface area contributed by atoms with Crippen molar-refractivity contribution in [2.75, 3.05) is 4.72 Å². The van der Waals surface area contributed by atoms with Gasteiger partial charge in [0, 0.05) is 10.7 Å². The lowest BCUT2D eigenvalue weighted by atomic mass is 10.1. The highest BCUT2D eigenvalue weighted by molar-refractivity contribution is 7.92. The molecule has 0 amide bonds. The van der Waals surface area contributed by atoms with Crippen LogP contribution in [0.25, 0.3) is 0 Å². The molecule has 0 radical (unpaired) electrons. The van der Waals surface area contributed by atoms with Crippen LogP contribution in [0.3, 0.4) is 0 Å². The van der Waals surface area contributed by atoms with E-state index in [-0.39, 0.29) is 11.3 Å². The molecule has 7 heteroatoms. The van der Waals surface area contributed by atoms with Crippen molar-refractivity contribution in [1.82, 2.24) is 0 Å². The first-order chi connectivity index (χ1) is 9.87. The van der Waals surface area contributed by atoms with Crippen molar-refractivity contribution in [2.24, 2.45) is 0 Å². The molecule has 0 heterocycles. The predicted molar refractivity (Wildman–Crippen MR) is 80.0 cm³/mol. The molecule has 0 fully saturated rings. The minimum Gasteiger partial charge on any atom is -0.481 e. The maximum Gasteiger partial charge on any atom is 0.307 e. The van der Waals surface area contributed by atoms with Crippen LogP contribution in [-0.2, 0) is 21.2 Å². The lowest BCUT2D eigenvalue weighted by Gasteiger charge is -2.09. The highest BCUT2D eigenvalue weighted by Crippen LogP contribution is 2.19. The second kappa shape index (κ2) is 6.15. The summed E-state index contributed by atoms with van der Waals surface area (Å²) in [6.45, 7) is 0. The monoisotopic (exact) mass is 325 g/mol. The van der Waals surface area contributed by atoms with Crippen molar-refractivity contribution < 1.29 is 18.3 Å². The van der Waals surface area contributed by atoms with E-state index in [4.69, 9.17) is 16.7 Å². The van der Waals surface area contributed by atoms with Crippen LogP contribution in [0.5, 0.6) is 0 Å². The molecule has 2 aromatic rings. The van der Waals surface area contributed by atoms with Gasteiger partial charge in [0.1, 0.15) is 0 Å². The SMILES string of the molecule is O=C(O)Cc1cccc(NS(=O)(=O)c2ccc(Cl)cc2)c1. The Hall–Kier alpha value is -2.05. The number of sulfonamides is 1. The van der Waals surface area contributed by atoms with E-state index in [0.717, 1.165) is 0 Å². The summed E-state index contributed by atoms with van der Waals surface area (Å²) in [5.41, 5.74) is 0.822. The highest BCUT2D eigenvalue weighted by atomic mass is 35.5. The smallest absolute Gasteiger partial charge is 0.307 e. The number of anilines is 1. The van der Waals surface area contributed by atoms with E-state index in [1.807, 2.05) is 0 Å². The van der Waals surface area contributed by atoms with Gasteiger partial charge in [-0.2, -0.15) is 0 Å². The quantitative estimate of drug-likeness (QED) is 0.885. The zero-order valence-corrected chi connectivity index (χ0v) is 12.4. The number of carbonyl (C=O) groups is 1. The Morgan fingerprint density at radius 3 is 2.43 bits per heavy atom. The summed E-state index contributed by atoms with van der Waals surface area (Å²) in [5.74, 6) is -0.979.